The van der Waals surface area contributed by atoms with Crippen LogP contribution in [0.3, 0.4) is 0 Å². The molecule has 0 bridgehead atoms. The maximum Gasteiger partial charge on any atom is 0.253 e. The highest BCUT2D eigenvalue weighted by Gasteiger charge is 2.10. The molecule has 1 aromatic carbocycles. The Hall–Kier alpha value is -1.03. The first-order chi connectivity index (χ1) is 9.19. The van der Waals surface area contributed by atoms with Crippen LogP contribution in [0.25, 0.3) is 0 Å². The lowest BCUT2D eigenvalue weighted by Gasteiger charge is -2.17. The van der Waals surface area contributed by atoms with Crippen LogP contribution in [0.4, 0.5) is 0 Å². The second-order valence-electron chi connectivity index (χ2n) is 4.43. The maximum atomic E-state index is 12.2. The highest BCUT2D eigenvalue weighted by atomic mass is 79.9. The largest absolute Gasteiger partial charge is 0.494 e. The Morgan fingerprint density at radius 1 is 1.21 bits per heavy atom. The van der Waals surface area contributed by atoms with E-state index in [1.54, 1.807) is 4.90 Å². The van der Waals surface area contributed by atoms with E-state index in [9.17, 15) is 4.79 Å². The number of rotatable bonds is 8. The first kappa shape index (κ1) is 16.0. The Kier molecular flexibility index (Phi) is 7.56. The van der Waals surface area contributed by atoms with Crippen LogP contribution in [-0.2, 0) is 0 Å². The molecule has 0 unspecified atom stereocenters. The van der Waals surface area contributed by atoms with Gasteiger partial charge in [-0.15, -0.1) is 0 Å². The number of ether oxygens (including phenoxy) is 1. The van der Waals surface area contributed by atoms with Gasteiger partial charge in [0.05, 0.1) is 6.61 Å². The fourth-order valence-electron chi connectivity index (χ4n) is 1.80. The van der Waals surface area contributed by atoms with Crippen molar-refractivity contribution in [1.29, 1.82) is 0 Å². The molecule has 106 valence electrons. The molecule has 3 nitrogen and oxygen atoms in total. The summed E-state index contributed by atoms with van der Waals surface area (Å²) in [6.45, 7) is 3.39. The fraction of sp³-hybridized carbons (Fsp3) is 0.533. The molecule has 0 heterocycles. The van der Waals surface area contributed by atoms with E-state index in [2.05, 4.69) is 15.9 Å². The van der Waals surface area contributed by atoms with Crippen molar-refractivity contribution in [2.45, 2.75) is 26.2 Å². The number of unbranched alkanes of at least 4 members (excludes halogenated alkanes) is 2. The van der Waals surface area contributed by atoms with Gasteiger partial charge in [0.25, 0.3) is 5.91 Å². The summed E-state index contributed by atoms with van der Waals surface area (Å²) in [5.41, 5.74) is 0.714. The van der Waals surface area contributed by atoms with Crippen molar-refractivity contribution in [1.82, 2.24) is 4.90 Å². The molecule has 0 N–H and O–H groups in total. The first-order valence-corrected chi connectivity index (χ1v) is 7.85. The van der Waals surface area contributed by atoms with Crippen LogP contribution in [0, 0.1) is 0 Å². The highest BCUT2D eigenvalue weighted by Crippen LogP contribution is 2.13. The Balaban J connectivity index is 2.47. The molecule has 1 amide bonds. The standard InChI is InChI=1S/C15H22BrNO2/c1-3-19-14-9-7-13(8-10-14)15(18)17(2)12-6-4-5-11-16/h7-10H,3-6,11-12H2,1-2H3. The average molecular weight is 328 g/mol. The number of nitrogens with zero attached hydrogens (tertiary/aromatic N) is 1. The van der Waals surface area contributed by atoms with E-state index in [1.807, 2.05) is 38.2 Å². The number of hydrogen-bond acceptors (Lipinski definition) is 2. The number of amides is 1. The number of halogens is 1. The van der Waals surface area contributed by atoms with E-state index < -0.39 is 0 Å². The summed E-state index contributed by atoms with van der Waals surface area (Å²) in [4.78, 5) is 13.9. The van der Waals surface area contributed by atoms with Gasteiger partial charge in [-0.05, 0) is 44.0 Å². The second kappa shape index (κ2) is 8.97. The van der Waals surface area contributed by atoms with Crippen molar-refractivity contribution >= 4 is 21.8 Å². The van der Waals surface area contributed by atoms with Crippen molar-refractivity contribution < 1.29 is 9.53 Å². The number of carbonyl (C=O) groups is 1. The molecular weight excluding hydrogens is 306 g/mol. The Morgan fingerprint density at radius 3 is 2.47 bits per heavy atom. The molecule has 1 aromatic rings. The van der Waals surface area contributed by atoms with Gasteiger partial charge in [0, 0.05) is 24.5 Å². The monoisotopic (exact) mass is 327 g/mol. The minimum atomic E-state index is 0.0712. The molecule has 0 saturated heterocycles. The summed E-state index contributed by atoms with van der Waals surface area (Å²) in [6.07, 6.45) is 3.35. The molecular formula is C15H22BrNO2. The van der Waals surface area contributed by atoms with Crippen LogP contribution in [0.2, 0.25) is 0 Å². The fourth-order valence-corrected chi connectivity index (χ4v) is 2.20. The quantitative estimate of drug-likeness (QED) is 0.538. The summed E-state index contributed by atoms with van der Waals surface area (Å²) >= 11 is 3.41. The van der Waals surface area contributed by atoms with Gasteiger partial charge in [-0.25, -0.2) is 0 Å². The second-order valence-corrected chi connectivity index (χ2v) is 5.23. The van der Waals surface area contributed by atoms with Crippen LogP contribution >= 0.6 is 15.9 Å². The normalized spacial score (nSPS) is 10.3. The van der Waals surface area contributed by atoms with Crippen molar-refractivity contribution in [3.63, 3.8) is 0 Å². The molecule has 4 heteroatoms. The molecule has 1 rings (SSSR count). The third kappa shape index (κ3) is 5.64. The molecule has 0 aromatic heterocycles. The SMILES string of the molecule is CCOc1ccc(C(=O)N(C)CCCCCBr)cc1. The summed E-state index contributed by atoms with van der Waals surface area (Å²) in [6, 6.07) is 7.33. The zero-order chi connectivity index (χ0) is 14.1. The van der Waals surface area contributed by atoms with Gasteiger partial charge in [-0.1, -0.05) is 22.4 Å². The summed E-state index contributed by atoms with van der Waals surface area (Å²) in [5.74, 6) is 0.876. The molecule has 0 aliphatic heterocycles. The van der Waals surface area contributed by atoms with Crippen LogP contribution < -0.4 is 4.74 Å². The van der Waals surface area contributed by atoms with Gasteiger partial charge in [-0.3, -0.25) is 4.79 Å². The lowest BCUT2D eigenvalue weighted by atomic mass is 10.2. The average Bonchev–Trinajstić information content (AvgIpc) is 2.44. The minimum Gasteiger partial charge on any atom is -0.494 e. The van der Waals surface area contributed by atoms with Gasteiger partial charge < -0.3 is 9.64 Å². The predicted octanol–water partition coefficient (Wildman–Crippen LogP) is 3.72. The van der Waals surface area contributed by atoms with Gasteiger partial charge in [0.2, 0.25) is 0 Å². The number of carbonyl (C=O) groups excluding carboxylic acids is 1. The molecule has 0 radical (unpaired) electrons. The van der Waals surface area contributed by atoms with Gasteiger partial charge in [0.15, 0.2) is 0 Å². The lowest BCUT2D eigenvalue weighted by molar-refractivity contribution is 0.0792. The van der Waals surface area contributed by atoms with E-state index in [0.717, 1.165) is 36.9 Å². The number of hydrogen-bond donors (Lipinski definition) is 0. The number of benzene rings is 1. The van der Waals surface area contributed by atoms with Crippen molar-refractivity contribution in [3.05, 3.63) is 29.8 Å². The van der Waals surface area contributed by atoms with Gasteiger partial charge >= 0.3 is 0 Å². The van der Waals surface area contributed by atoms with E-state index in [4.69, 9.17) is 4.74 Å². The zero-order valence-electron chi connectivity index (χ0n) is 11.7. The summed E-state index contributed by atoms with van der Waals surface area (Å²) < 4.78 is 5.36. The van der Waals surface area contributed by atoms with Crippen molar-refractivity contribution in [3.8, 4) is 5.75 Å². The van der Waals surface area contributed by atoms with Crippen molar-refractivity contribution in [2.75, 3.05) is 25.5 Å². The molecule has 0 spiro atoms. The predicted molar refractivity (Wildman–Crippen MR) is 82.2 cm³/mol. The lowest BCUT2D eigenvalue weighted by Crippen LogP contribution is -2.27. The molecule has 0 aliphatic carbocycles. The van der Waals surface area contributed by atoms with Gasteiger partial charge in [-0.2, -0.15) is 0 Å². The van der Waals surface area contributed by atoms with Crippen LogP contribution in [0.1, 0.15) is 36.5 Å². The molecule has 0 atom stereocenters. The Bertz CT molecular complexity index is 378. The van der Waals surface area contributed by atoms with E-state index >= 15 is 0 Å². The Labute approximate surface area is 124 Å². The van der Waals surface area contributed by atoms with Crippen LogP contribution in [0.15, 0.2) is 24.3 Å². The van der Waals surface area contributed by atoms with Gasteiger partial charge in [0.1, 0.15) is 5.75 Å². The van der Waals surface area contributed by atoms with E-state index in [0.29, 0.717) is 12.2 Å². The third-order valence-corrected chi connectivity index (χ3v) is 3.45. The maximum absolute atomic E-state index is 12.2. The highest BCUT2D eigenvalue weighted by molar-refractivity contribution is 9.09. The molecule has 0 saturated carbocycles. The topological polar surface area (TPSA) is 29.5 Å². The molecule has 19 heavy (non-hydrogen) atoms. The van der Waals surface area contributed by atoms with Crippen molar-refractivity contribution in [2.24, 2.45) is 0 Å². The Morgan fingerprint density at radius 2 is 1.89 bits per heavy atom. The van der Waals surface area contributed by atoms with Crippen LogP contribution in [-0.4, -0.2) is 36.3 Å². The zero-order valence-corrected chi connectivity index (χ0v) is 13.3. The van der Waals surface area contributed by atoms with E-state index in [-0.39, 0.29) is 5.91 Å². The molecule has 0 aliphatic rings. The van der Waals surface area contributed by atoms with E-state index in [1.165, 1.54) is 0 Å². The summed E-state index contributed by atoms with van der Waals surface area (Å²) in [5, 5.41) is 1.03. The smallest absolute Gasteiger partial charge is 0.253 e. The summed E-state index contributed by atoms with van der Waals surface area (Å²) in [7, 11) is 1.85. The molecule has 0 fully saturated rings. The van der Waals surface area contributed by atoms with Crippen LogP contribution in [0.5, 0.6) is 5.75 Å². The third-order valence-electron chi connectivity index (χ3n) is 2.89. The minimum absolute atomic E-state index is 0.0712. The first-order valence-electron chi connectivity index (χ1n) is 6.73. The number of alkyl halides is 1.